The van der Waals surface area contributed by atoms with Gasteiger partial charge in [0.1, 0.15) is 11.5 Å². The first-order valence-corrected chi connectivity index (χ1v) is 11.8. The zero-order chi connectivity index (χ0) is 23.7. The topological polar surface area (TPSA) is 77.4 Å². The summed E-state index contributed by atoms with van der Waals surface area (Å²) in [7, 11) is 0. The number of carbonyl (C=O) groups is 2. The van der Waals surface area contributed by atoms with E-state index in [1.807, 2.05) is 4.90 Å². The number of likely N-dealkylation sites (tertiary alicyclic amines) is 1. The van der Waals surface area contributed by atoms with Crippen LogP contribution in [0.3, 0.4) is 0 Å². The first-order valence-electron chi connectivity index (χ1n) is 11.0. The summed E-state index contributed by atoms with van der Waals surface area (Å²) in [5, 5.41) is 0.657. The Balaban J connectivity index is 1.47. The van der Waals surface area contributed by atoms with Crippen molar-refractivity contribution in [3.8, 4) is 0 Å². The number of hydrogen-bond acceptors (Lipinski definition) is 8. The summed E-state index contributed by atoms with van der Waals surface area (Å²) in [5.41, 5.74) is -0.337. The van der Waals surface area contributed by atoms with Crippen LogP contribution in [0.2, 0.25) is 0 Å². The predicted octanol–water partition coefficient (Wildman–Crippen LogP) is 3.60. The molecule has 0 spiro atoms. The number of benzene rings is 2. The molecule has 5 rings (SSSR count). The fourth-order valence-corrected chi connectivity index (χ4v) is 5.27. The minimum absolute atomic E-state index is 0.191. The molecule has 5 atom stereocenters. The molecule has 0 radical (unpaired) electrons. The Morgan fingerprint density at radius 3 is 2.00 bits per heavy atom. The maximum Gasteiger partial charge on any atom is 0.338 e. The summed E-state index contributed by atoms with van der Waals surface area (Å²) in [4.78, 5) is 32.4. The number of thioether (sulfide) groups is 1. The molecule has 3 aliphatic heterocycles. The van der Waals surface area contributed by atoms with Crippen molar-refractivity contribution < 1.29 is 32.6 Å². The van der Waals surface area contributed by atoms with Crippen molar-refractivity contribution in [3.05, 3.63) is 71.8 Å². The number of halogens is 2. The van der Waals surface area contributed by atoms with Crippen LogP contribution in [0.1, 0.15) is 27.1 Å². The predicted molar refractivity (Wildman–Crippen MR) is 121 cm³/mol. The van der Waals surface area contributed by atoms with E-state index < -0.39 is 48.2 Å². The summed E-state index contributed by atoms with van der Waals surface area (Å²) >= 11 is 1.23. The molecule has 7 nitrogen and oxygen atoms in total. The average molecular weight is 489 g/mol. The number of fused-ring (bicyclic) bond motifs is 1. The number of alkyl halides is 2. The second kappa shape index (κ2) is 9.71. The van der Waals surface area contributed by atoms with E-state index >= 15 is 0 Å². The molecule has 0 unspecified atom stereocenters. The van der Waals surface area contributed by atoms with Gasteiger partial charge < -0.3 is 19.1 Å². The van der Waals surface area contributed by atoms with E-state index in [9.17, 15) is 18.4 Å². The lowest BCUT2D eigenvalue weighted by Gasteiger charge is -2.41. The smallest absolute Gasteiger partial charge is 0.338 e. The van der Waals surface area contributed by atoms with E-state index in [0.717, 1.165) is 19.5 Å². The zero-order valence-corrected chi connectivity index (χ0v) is 18.8. The molecule has 2 aromatic rings. The van der Waals surface area contributed by atoms with E-state index in [1.54, 1.807) is 48.5 Å². The maximum absolute atomic E-state index is 14.1. The van der Waals surface area contributed by atoms with Gasteiger partial charge in [-0.05, 0) is 30.7 Å². The fraction of sp³-hybridized carbons (Fsp3) is 0.375. The van der Waals surface area contributed by atoms with Crippen LogP contribution in [0, 0.1) is 0 Å². The lowest BCUT2D eigenvalue weighted by molar-refractivity contribution is -0.194. The van der Waals surface area contributed by atoms with Gasteiger partial charge in [-0.1, -0.05) is 48.2 Å². The second-order valence-electron chi connectivity index (χ2n) is 8.14. The Kier molecular flexibility index (Phi) is 6.51. The van der Waals surface area contributed by atoms with Gasteiger partial charge >= 0.3 is 11.9 Å². The van der Waals surface area contributed by atoms with Gasteiger partial charge in [0.15, 0.2) is 23.5 Å². The molecule has 3 aliphatic rings. The quantitative estimate of drug-likeness (QED) is 0.595. The highest BCUT2D eigenvalue weighted by Crippen LogP contribution is 2.42. The Morgan fingerprint density at radius 2 is 1.50 bits per heavy atom. The lowest BCUT2D eigenvalue weighted by Crippen LogP contribution is -2.59. The molecule has 0 N–H and O–H groups in total. The summed E-state index contributed by atoms with van der Waals surface area (Å²) in [6, 6.07) is 15.4. The number of ether oxygens (including phenoxy) is 3. The molecule has 0 aliphatic carbocycles. The molecule has 3 heterocycles. The van der Waals surface area contributed by atoms with Crippen molar-refractivity contribution in [2.24, 2.45) is 4.99 Å². The van der Waals surface area contributed by atoms with Crippen molar-refractivity contribution in [3.63, 3.8) is 0 Å². The average Bonchev–Trinajstić information content (AvgIpc) is 3.23. The molecule has 2 fully saturated rings. The third kappa shape index (κ3) is 4.52. The van der Waals surface area contributed by atoms with Crippen LogP contribution < -0.4 is 0 Å². The molecule has 178 valence electrons. The molecule has 2 saturated heterocycles. The number of hydrogen-bond donors (Lipinski definition) is 0. The normalized spacial score (nSPS) is 28.0. The van der Waals surface area contributed by atoms with Crippen LogP contribution in [0.4, 0.5) is 8.78 Å². The maximum atomic E-state index is 14.1. The van der Waals surface area contributed by atoms with E-state index in [1.165, 1.54) is 23.9 Å². The zero-order valence-electron chi connectivity index (χ0n) is 18.0. The molecule has 2 aromatic carbocycles. The van der Waals surface area contributed by atoms with E-state index in [-0.39, 0.29) is 11.1 Å². The highest BCUT2D eigenvalue weighted by atomic mass is 32.2. The Bertz CT molecular complexity index is 1070. The van der Waals surface area contributed by atoms with E-state index in [4.69, 9.17) is 14.2 Å². The number of nitrogens with zero attached hydrogens (tertiary/aromatic N) is 2. The van der Waals surface area contributed by atoms with Gasteiger partial charge in [0.25, 0.3) is 6.43 Å². The van der Waals surface area contributed by atoms with Gasteiger partial charge in [-0.2, -0.15) is 0 Å². The van der Waals surface area contributed by atoms with E-state index in [0.29, 0.717) is 5.17 Å². The molecular weight excluding hydrogens is 466 g/mol. The van der Waals surface area contributed by atoms with Crippen molar-refractivity contribution >= 4 is 28.9 Å². The first-order chi connectivity index (χ1) is 16.5. The molecule has 0 aromatic heterocycles. The van der Waals surface area contributed by atoms with Crippen LogP contribution in [-0.2, 0) is 14.2 Å². The molecular formula is C24H22F2N2O5S. The largest absolute Gasteiger partial charge is 0.452 e. The number of amidine groups is 1. The number of esters is 2. The number of carbonyl (C=O) groups excluding carboxylic acids is 2. The van der Waals surface area contributed by atoms with Crippen molar-refractivity contribution in [2.45, 2.75) is 42.6 Å². The minimum Gasteiger partial charge on any atom is -0.452 e. The second-order valence-corrected chi connectivity index (χ2v) is 9.20. The van der Waals surface area contributed by atoms with E-state index in [2.05, 4.69) is 4.99 Å². The molecule has 34 heavy (non-hydrogen) atoms. The van der Waals surface area contributed by atoms with Gasteiger partial charge in [0, 0.05) is 13.1 Å². The Hall–Kier alpha value is -2.98. The number of rotatable bonds is 5. The Morgan fingerprint density at radius 1 is 0.941 bits per heavy atom. The third-order valence-corrected chi connectivity index (χ3v) is 7.11. The fourth-order valence-electron chi connectivity index (χ4n) is 4.01. The standard InChI is InChI=1S/C24H22F2N2O5S/c25-20(26)19-18(32-22(30)15-10-5-2-6-11-15)17(31-21(29)14-8-3-1-4-9-14)16-23(33-19)34-24(27-16)28-12-7-13-28/h1-6,8-11,16-20,23H,7,12-13H2/t16-,17-,18+,19+,23-/m1/s1. The molecule has 0 saturated carbocycles. The summed E-state index contributed by atoms with van der Waals surface area (Å²) < 4.78 is 45.2. The van der Waals surface area contributed by atoms with Gasteiger partial charge in [0.2, 0.25) is 0 Å². The van der Waals surface area contributed by atoms with Crippen LogP contribution in [-0.4, -0.2) is 71.3 Å². The molecule has 0 amide bonds. The third-order valence-electron chi connectivity index (χ3n) is 5.92. The lowest BCUT2D eigenvalue weighted by atomic mass is 9.97. The van der Waals surface area contributed by atoms with Gasteiger partial charge in [0.05, 0.1) is 11.1 Å². The van der Waals surface area contributed by atoms with Gasteiger partial charge in [-0.3, -0.25) is 4.99 Å². The SMILES string of the molecule is O=C(O[C@@H]1[C@H]2N=C(N3CCC3)S[C@H]2O[C@H](C(F)F)[C@H]1OC(=O)c1ccccc1)c1ccccc1. The van der Waals surface area contributed by atoms with Gasteiger partial charge in [-0.25, -0.2) is 18.4 Å². The van der Waals surface area contributed by atoms with Crippen LogP contribution in [0.5, 0.6) is 0 Å². The van der Waals surface area contributed by atoms with Crippen LogP contribution >= 0.6 is 11.8 Å². The minimum atomic E-state index is -2.97. The highest BCUT2D eigenvalue weighted by molar-refractivity contribution is 8.14. The summed E-state index contributed by atoms with van der Waals surface area (Å²) in [6.45, 7) is 1.62. The summed E-state index contributed by atoms with van der Waals surface area (Å²) in [6.07, 6.45) is -6.52. The summed E-state index contributed by atoms with van der Waals surface area (Å²) in [5.74, 6) is -1.52. The molecule has 0 bridgehead atoms. The van der Waals surface area contributed by atoms with Crippen molar-refractivity contribution in [1.29, 1.82) is 0 Å². The van der Waals surface area contributed by atoms with Crippen LogP contribution in [0.15, 0.2) is 65.7 Å². The van der Waals surface area contributed by atoms with Crippen molar-refractivity contribution in [1.82, 2.24) is 4.90 Å². The number of aliphatic imine (C=N–C) groups is 1. The highest BCUT2D eigenvalue weighted by Gasteiger charge is 2.56. The van der Waals surface area contributed by atoms with Crippen molar-refractivity contribution in [2.75, 3.05) is 13.1 Å². The molecule has 10 heteroatoms. The van der Waals surface area contributed by atoms with Crippen LogP contribution in [0.25, 0.3) is 0 Å². The monoisotopic (exact) mass is 488 g/mol. The first kappa shape index (κ1) is 22.8. The van der Waals surface area contributed by atoms with Gasteiger partial charge in [-0.15, -0.1) is 0 Å². The Labute approximate surface area is 199 Å².